The third-order valence-electron chi connectivity index (χ3n) is 18.4. The van der Waals surface area contributed by atoms with Crippen molar-refractivity contribution in [3.8, 4) is 0 Å². The molecule has 0 aromatic heterocycles. The van der Waals surface area contributed by atoms with Crippen molar-refractivity contribution >= 4 is 39.5 Å². The van der Waals surface area contributed by atoms with Crippen LogP contribution in [0.25, 0.3) is 0 Å². The number of carbonyl (C=O) groups is 4. The lowest BCUT2D eigenvalue weighted by Gasteiger charge is -2.21. The molecule has 0 bridgehead atoms. The Labute approximate surface area is 600 Å². The number of phosphoric acid groups is 2. The van der Waals surface area contributed by atoms with Crippen LogP contribution in [0.1, 0.15) is 408 Å². The van der Waals surface area contributed by atoms with Crippen LogP contribution in [0.5, 0.6) is 0 Å². The summed E-state index contributed by atoms with van der Waals surface area (Å²) >= 11 is 0. The van der Waals surface area contributed by atoms with Gasteiger partial charge in [-0.2, -0.15) is 0 Å². The molecule has 0 rings (SSSR count). The van der Waals surface area contributed by atoms with Crippen LogP contribution in [-0.2, 0) is 65.4 Å². The van der Waals surface area contributed by atoms with Crippen molar-refractivity contribution in [2.24, 2.45) is 17.8 Å². The second-order valence-corrected chi connectivity index (χ2v) is 32.8. The van der Waals surface area contributed by atoms with E-state index in [4.69, 9.17) is 37.0 Å². The van der Waals surface area contributed by atoms with E-state index in [0.717, 1.165) is 108 Å². The van der Waals surface area contributed by atoms with E-state index in [9.17, 15) is 43.2 Å². The van der Waals surface area contributed by atoms with E-state index >= 15 is 0 Å². The normalized spacial score (nSPS) is 14.0. The first-order valence-corrected chi connectivity index (χ1v) is 43.8. The second-order valence-electron chi connectivity index (χ2n) is 29.9. The number of carbonyl (C=O) groups excluding carboxylic acids is 4. The molecule has 0 aliphatic carbocycles. The smallest absolute Gasteiger partial charge is 0.462 e. The number of ether oxygens (including phenoxy) is 4. The molecule has 3 N–H and O–H groups in total. The van der Waals surface area contributed by atoms with Crippen LogP contribution in [0, 0.1) is 17.8 Å². The number of unbranched alkanes of at least 4 members (excludes halogenated alkanes) is 45. The zero-order valence-electron chi connectivity index (χ0n) is 64.3. The highest BCUT2D eigenvalue weighted by molar-refractivity contribution is 7.47. The minimum absolute atomic E-state index is 0.104. The molecule has 0 saturated heterocycles. The van der Waals surface area contributed by atoms with Crippen LogP contribution in [-0.4, -0.2) is 96.7 Å². The maximum absolute atomic E-state index is 13.1. The Morgan fingerprint density at radius 1 is 0.276 bits per heavy atom. The summed E-state index contributed by atoms with van der Waals surface area (Å²) in [6.45, 7) is 11.8. The molecule has 98 heavy (non-hydrogen) atoms. The van der Waals surface area contributed by atoms with Gasteiger partial charge < -0.3 is 33.8 Å². The molecule has 0 heterocycles. The first kappa shape index (κ1) is 96.1. The zero-order chi connectivity index (χ0) is 72.3. The molecule has 19 heteroatoms. The highest BCUT2D eigenvalue weighted by Gasteiger charge is 2.30. The molecular weight excluding hydrogens is 1280 g/mol. The summed E-state index contributed by atoms with van der Waals surface area (Å²) < 4.78 is 68.6. The van der Waals surface area contributed by atoms with Gasteiger partial charge in [-0.25, -0.2) is 9.13 Å². The molecule has 0 aliphatic heterocycles. The largest absolute Gasteiger partial charge is 0.472 e. The first-order valence-electron chi connectivity index (χ1n) is 40.8. The van der Waals surface area contributed by atoms with Crippen LogP contribution in [0.4, 0.5) is 0 Å². The molecule has 0 spiro atoms. The van der Waals surface area contributed by atoms with Gasteiger partial charge in [0.1, 0.15) is 19.3 Å². The van der Waals surface area contributed by atoms with Crippen LogP contribution in [0.3, 0.4) is 0 Å². The van der Waals surface area contributed by atoms with Gasteiger partial charge in [-0.05, 0) is 43.4 Å². The Hall–Kier alpha value is -1.94. The Balaban J connectivity index is 5.22. The van der Waals surface area contributed by atoms with Crippen LogP contribution in [0.15, 0.2) is 0 Å². The fourth-order valence-corrected chi connectivity index (χ4v) is 13.7. The zero-order valence-corrected chi connectivity index (χ0v) is 66.0. The van der Waals surface area contributed by atoms with Crippen LogP contribution in [0.2, 0.25) is 0 Å². The minimum atomic E-state index is -4.96. The summed E-state index contributed by atoms with van der Waals surface area (Å²) in [5.41, 5.74) is 0. The summed E-state index contributed by atoms with van der Waals surface area (Å²) in [5.74, 6) is 0.105. The monoisotopic (exact) mass is 1440 g/mol. The predicted molar refractivity (Wildman–Crippen MR) is 400 cm³/mol. The fraction of sp³-hybridized carbons (Fsp3) is 0.949. The summed E-state index contributed by atoms with van der Waals surface area (Å²) in [4.78, 5) is 72.9. The third-order valence-corrected chi connectivity index (χ3v) is 20.3. The number of hydrogen-bond acceptors (Lipinski definition) is 15. The third kappa shape index (κ3) is 72.4. The van der Waals surface area contributed by atoms with Gasteiger partial charge in [0.25, 0.3) is 0 Å². The highest BCUT2D eigenvalue weighted by atomic mass is 31.2. The van der Waals surface area contributed by atoms with E-state index in [1.807, 2.05) is 0 Å². The van der Waals surface area contributed by atoms with Crippen molar-refractivity contribution in [3.05, 3.63) is 0 Å². The Morgan fingerprint density at radius 3 is 0.694 bits per heavy atom. The summed E-state index contributed by atoms with van der Waals surface area (Å²) in [6, 6.07) is 0. The van der Waals surface area contributed by atoms with Gasteiger partial charge in [-0.1, -0.05) is 357 Å². The van der Waals surface area contributed by atoms with Crippen LogP contribution >= 0.6 is 15.6 Å². The van der Waals surface area contributed by atoms with Gasteiger partial charge in [0.05, 0.1) is 26.4 Å². The van der Waals surface area contributed by atoms with Gasteiger partial charge in [0.15, 0.2) is 12.2 Å². The number of phosphoric ester groups is 2. The summed E-state index contributed by atoms with van der Waals surface area (Å²) in [6.07, 6.45) is 57.2. The van der Waals surface area contributed by atoms with E-state index < -0.39 is 97.5 Å². The maximum Gasteiger partial charge on any atom is 0.472 e. The molecule has 0 aliphatic rings. The lowest BCUT2D eigenvalue weighted by Crippen LogP contribution is -2.30. The van der Waals surface area contributed by atoms with E-state index in [1.165, 1.54) is 212 Å². The highest BCUT2D eigenvalue weighted by Crippen LogP contribution is 2.45. The minimum Gasteiger partial charge on any atom is -0.462 e. The van der Waals surface area contributed by atoms with Crippen molar-refractivity contribution in [1.29, 1.82) is 0 Å². The number of esters is 4. The Kier molecular flexibility index (Phi) is 68.1. The van der Waals surface area contributed by atoms with E-state index in [-0.39, 0.29) is 25.7 Å². The average molecular weight is 1440 g/mol. The molecule has 0 amide bonds. The maximum atomic E-state index is 13.1. The SMILES string of the molecule is CCCCCCCCCCCCCCCCCCCCCCC(=O)O[C@H](COC(=O)CCCCCCCCCCCCCCCCC(C)C)COP(=O)(O)OC[C@@H](O)COP(=O)(O)OC[C@@H](COC(=O)CCCCCCCCCC(C)C)OC(=O)CCCCCCCCCCC(C)C. The van der Waals surface area contributed by atoms with Gasteiger partial charge in [-0.3, -0.25) is 37.3 Å². The van der Waals surface area contributed by atoms with Crippen molar-refractivity contribution in [1.82, 2.24) is 0 Å². The lowest BCUT2D eigenvalue weighted by molar-refractivity contribution is -0.161. The molecular formula is C79H154O17P2. The van der Waals surface area contributed by atoms with Crippen LogP contribution < -0.4 is 0 Å². The molecule has 0 fully saturated rings. The standard InChI is InChI=1S/C79H154O17P2/c1-8-9-10-11-12-13-14-15-16-17-18-19-20-21-26-29-32-40-48-55-62-78(83)95-74(66-89-76(81)60-53-46-39-31-28-25-23-22-24-27-30-36-43-50-57-70(2)3)68-93-97(85,86)91-64-73(80)65-92-98(87,88)94-69-75(67-90-77(82)61-54-47-42-35-38-45-52-59-72(6)7)96-79(84)63-56-49-41-34-33-37-44-51-58-71(4)5/h70-75,80H,8-69H2,1-7H3,(H,85,86)(H,87,88)/t73-,74-,75-/m1/s1. The van der Waals surface area contributed by atoms with Crippen molar-refractivity contribution in [3.63, 3.8) is 0 Å². The summed E-state index contributed by atoms with van der Waals surface area (Å²) in [7, 11) is -9.92. The van der Waals surface area contributed by atoms with Crippen molar-refractivity contribution in [2.75, 3.05) is 39.6 Å². The Morgan fingerprint density at radius 2 is 0.469 bits per heavy atom. The van der Waals surface area contributed by atoms with E-state index in [2.05, 4.69) is 48.5 Å². The van der Waals surface area contributed by atoms with E-state index in [0.29, 0.717) is 31.6 Å². The quantitative estimate of drug-likeness (QED) is 0.0222. The molecule has 17 nitrogen and oxygen atoms in total. The lowest BCUT2D eigenvalue weighted by atomic mass is 10.0. The molecule has 0 aromatic carbocycles. The van der Waals surface area contributed by atoms with Gasteiger partial charge >= 0.3 is 39.5 Å². The number of hydrogen-bond donors (Lipinski definition) is 3. The molecule has 0 aromatic rings. The number of aliphatic hydroxyl groups is 1. The average Bonchev–Trinajstić information content (AvgIpc) is 0.971. The second kappa shape index (κ2) is 69.4. The molecule has 2 unspecified atom stereocenters. The predicted octanol–water partition coefficient (Wildman–Crippen LogP) is 23.4. The fourth-order valence-electron chi connectivity index (χ4n) is 12.1. The number of rotatable bonds is 77. The van der Waals surface area contributed by atoms with E-state index in [1.54, 1.807) is 0 Å². The van der Waals surface area contributed by atoms with Crippen molar-refractivity contribution < 1.29 is 80.2 Å². The van der Waals surface area contributed by atoms with Crippen molar-refractivity contribution in [2.45, 2.75) is 426 Å². The molecule has 5 atom stereocenters. The van der Waals surface area contributed by atoms with Gasteiger partial charge in [0, 0.05) is 25.7 Å². The van der Waals surface area contributed by atoms with Gasteiger partial charge in [-0.15, -0.1) is 0 Å². The molecule has 582 valence electrons. The summed E-state index contributed by atoms with van der Waals surface area (Å²) in [5, 5.41) is 10.6. The molecule has 0 saturated carbocycles. The van der Waals surface area contributed by atoms with Gasteiger partial charge in [0.2, 0.25) is 0 Å². The first-order chi connectivity index (χ1) is 47.2. The molecule has 0 radical (unpaired) electrons. The topological polar surface area (TPSA) is 237 Å². The Bertz CT molecular complexity index is 1900. The number of aliphatic hydroxyl groups excluding tert-OH is 1.